The molecule has 2 aromatic heterocycles. The molecule has 2 saturated heterocycles. The highest BCUT2D eigenvalue weighted by atomic mass is 35.5. The maximum atomic E-state index is 14.5. The highest BCUT2D eigenvalue weighted by molar-refractivity contribution is 6.30. The van der Waals surface area contributed by atoms with E-state index >= 15 is 0 Å². The maximum absolute atomic E-state index is 14.5. The van der Waals surface area contributed by atoms with Crippen molar-refractivity contribution in [2.45, 2.75) is 18.9 Å². The Morgan fingerprint density at radius 2 is 1.78 bits per heavy atom. The number of piperazine rings is 1. The number of aromatic amines is 1. The molecule has 4 heterocycles. The zero-order valence-corrected chi connectivity index (χ0v) is 21.0. The van der Waals surface area contributed by atoms with Crippen molar-refractivity contribution in [3.63, 3.8) is 0 Å². The Morgan fingerprint density at radius 3 is 2.58 bits per heavy atom. The van der Waals surface area contributed by atoms with Crippen molar-refractivity contribution < 1.29 is 4.39 Å². The van der Waals surface area contributed by atoms with Gasteiger partial charge < -0.3 is 9.80 Å². The van der Waals surface area contributed by atoms with Gasteiger partial charge in [0.25, 0.3) is 0 Å². The van der Waals surface area contributed by atoms with Crippen molar-refractivity contribution in [1.82, 2.24) is 30.2 Å². The second kappa shape index (κ2) is 9.76. The van der Waals surface area contributed by atoms with Gasteiger partial charge in [-0.25, -0.2) is 4.39 Å². The summed E-state index contributed by atoms with van der Waals surface area (Å²) in [6.07, 6.45) is 4.33. The van der Waals surface area contributed by atoms with Gasteiger partial charge in [0.2, 0.25) is 0 Å². The van der Waals surface area contributed by atoms with Gasteiger partial charge in [0.05, 0.1) is 23.1 Å². The van der Waals surface area contributed by atoms with Gasteiger partial charge in [0.15, 0.2) is 0 Å². The average molecular weight is 506 g/mol. The van der Waals surface area contributed by atoms with E-state index in [9.17, 15) is 4.39 Å². The van der Waals surface area contributed by atoms with Gasteiger partial charge in [-0.15, -0.1) is 5.10 Å². The number of pyridine rings is 1. The fourth-order valence-electron chi connectivity index (χ4n) is 5.42. The molecule has 2 fully saturated rings. The van der Waals surface area contributed by atoms with E-state index in [1.165, 1.54) is 38.1 Å². The van der Waals surface area contributed by atoms with Crippen molar-refractivity contribution in [3.05, 3.63) is 59.5 Å². The molecule has 7 nitrogen and oxygen atoms in total. The van der Waals surface area contributed by atoms with Gasteiger partial charge in [0, 0.05) is 66.8 Å². The van der Waals surface area contributed by atoms with Crippen molar-refractivity contribution >= 4 is 28.2 Å². The smallest absolute Gasteiger partial charge is 0.132 e. The van der Waals surface area contributed by atoms with Crippen LogP contribution in [0.15, 0.2) is 48.7 Å². The number of nitrogens with zero attached hydrogens (tertiary/aromatic N) is 6. The standard InChI is InChI=1S/C27H29ClFN7/c1-34-10-12-36(13-11-34)21-6-8-35(9-7-21)22-15-19-14-18(2-5-25(19)30-17-22)26-27(32-33-31-26)23-16-20(28)3-4-24(23)29/h2-5,14-17,21H,6-13H2,1H3,(H,31,32,33). The van der Waals surface area contributed by atoms with Gasteiger partial charge in [-0.2, -0.15) is 0 Å². The van der Waals surface area contributed by atoms with Crippen LogP contribution in [0.3, 0.4) is 0 Å². The first-order valence-electron chi connectivity index (χ1n) is 12.5. The van der Waals surface area contributed by atoms with E-state index in [-0.39, 0.29) is 5.82 Å². The first kappa shape index (κ1) is 23.3. The van der Waals surface area contributed by atoms with E-state index in [0.29, 0.717) is 28.0 Å². The number of benzene rings is 2. The summed E-state index contributed by atoms with van der Waals surface area (Å²) < 4.78 is 14.5. The predicted octanol–water partition coefficient (Wildman–Crippen LogP) is 4.70. The topological polar surface area (TPSA) is 64.2 Å². The number of rotatable bonds is 4. The van der Waals surface area contributed by atoms with Gasteiger partial charge in [0.1, 0.15) is 11.5 Å². The van der Waals surface area contributed by atoms with E-state index in [2.05, 4.69) is 43.2 Å². The zero-order valence-electron chi connectivity index (χ0n) is 20.3. The van der Waals surface area contributed by atoms with Gasteiger partial charge in [-0.1, -0.05) is 22.9 Å². The SMILES string of the molecule is CN1CCN(C2CCN(c3cnc4ccc(-c5nn[nH]c5-c5cc(Cl)ccc5F)cc4c3)CC2)CC1. The number of fused-ring (bicyclic) bond motifs is 1. The van der Waals surface area contributed by atoms with Gasteiger partial charge in [-0.05, 0) is 56.3 Å². The molecule has 4 aromatic rings. The van der Waals surface area contributed by atoms with Crippen LogP contribution in [0.1, 0.15) is 12.8 Å². The summed E-state index contributed by atoms with van der Waals surface area (Å²) in [5.41, 5.74) is 4.32. The van der Waals surface area contributed by atoms with Gasteiger partial charge >= 0.3 is 0 Å². The van der Waals surface area contributed by atoms with Crippen molar-refractivity contribution in [2.75, 3.05) is 51.2 Å². The molecule has 0 bridgehead atoms. The van der Waals surface area contributed by atoms with Crippen molar-refractivity contribution in [3.8, 4) is 22.5 Å². The van der Waals surface area contributed by atoms with E-state index in [0.717, 1.165) is 48.3 Å². The fraction of sp³-hybridized carbons (Fsp3) is 0.370. The average Bonchev–Trinajstić information content (AvgIpc) is 3.40. The number of H-pyrrole nitrogens is 1. The van der Waals surface area contributed by atoms with E-state index in [1.807, 2.05) is 24.4 Å². The number of hydrogen-bond acceptors (Lipinski definition) is 6. The van der Waals surface area contributed by atoms with Crippen molar-refractivity contribution in [1.29, 1.82) is 0 Å². The van der Waals surface area contributed by atoms with Crippen LogP contribution in [0.2, 0.25) is 5.02 Å². The Bertz CT molecular complexity index is 1370. The minimum atomic E-state index is -0.378. The molecule has 6 rings (SSSR count). The maximum Gasteiger partial charge on any atom is 0.132 e. The molecule has 1 N–H and O–H groups in total. The van der Waals surface area contributed by atoms with Crippen LogP contribution in [0, 0.1) is 5.82 Å². The second-order valence-electron chi connectivity index (χ2n) is 9.82. The summed E-state index contributed by atoms with van der Waals surface area (Å²) >= 11 is 6.12. The van der Waals surface area contributed by atoms with Crippen LogP contribution in [0.25, 0.3) is 33.4 Å². The summed E-state index contributed by atoms with van der Waals surface area (Å²) in [6, 6.07) is 13.3. The van der Waals surface area contributed by atoms with Crippen LogP contribution in [0.4, 0.5) is 10.1 Å². The molecule has 0 spiro atoms. The molecular formula is C27H29ClFN7. The molecule has 186 valence electrons. The minimum absolute atomic E-state index is 0.345. The Balaban J connectivity index is 1.23. The summed E-state index contributed by atoms with van der Waals surface area (Å²) in [4.78, 5) is 12.2. The normalized spacial score (nSPS) is 18.2. The second-order valence-corrected chi connectivity index (χ2v) is 10.3. The predicted molar refractivity (Wildman–Crippen MR) is 142 cm³/mol. The molecule has 36 heavy (non-hydrogen) atoms. The number of anilines is 1. The third kappa shape index (κ3) is 4.56. The van der Waals surface area contributed by atoms with Crippen molar-refractivity contribution in [2.24, 2.45) is 0 Å². The molecular weight excluding hydrogens is 477 g/mol. The molecule has 0 radical (unpaired) electrons. The largest absolute Gasteiger partial charge is 0.370 e. The molecule has 0 atom stereocenters. The molecule has 0 amide bonds. The Kier molecular flexibility index (Phi) is 6.33. The first-order chi connectivity index (χ1) is 17.5. The molecule has 0 saturated carbocycles. The molecule has 2 aliphatic heterocycles. The summed E-state index contributed by atoms with van der Waals surface area (Å²) in [5, 5.41) is 12.5. The Labute approximate surface area is 214 Å². The lowest BCUT2D eigenvalue weighted by Crippen LogP contribution is -2.52. The van der Waals surface area contributed by atoms with E-state index in [4.69, 9.17) is 16.6 Å². The zero-order chi connectivity index (χ0) is 24.6. The lowest BCUT2D eigenvalue weighted by Gasteiger charge is -2.42. The number of likely N-dealkylation sites (N-methyl/N-ethyl adjacent to an activating group) is 1. The molecule has 2 aliphatic rings. The van der Waals surface area contributed by atoms with Crippen LogP contribution in [-0.4, -0.2) is 82.6 Å². The summed E-state index contributed by atoms with van der Waals surface area (Å²) in [5.74, 6) is -0.378. The van der Waals surface area contributed by atoms with E-state index < -0.39 is 0 Å². The van der Waals surface area contributed by atoms with Crippen LogP contribution in [0.5, 0.6) is 0 Å². The molecule has 2 aromatic carbocycles. The molecule has 0 aliphatic carbocycles. The third-order valence-corrected chi connectivity index (χ3v) is 7.81. The molecule has 0 unspecified atom stereocenters. The molecule has 9 heteroatoms. The quantitative estimate of drug-likeness (QED) is 0.434. The van der Waals surface area contributed by atoms with Crippen LogP contribution >= 0.6 is 11.6 Å². The number of piperidine rings is 1. The highest BCUT2D eigenvalue weighted by Gasteiger charge is 2.27. The lowest BCUT2D eigenvalue weighted by molar-refractivity contribution is 0.0982. The number of aromatic nitrogens is 4. The lowest BCUT2D eigenvalue weighted by atomic mass is 10.0. The Morgan fingerprint density at radius 1 is 0.972 bits per heavy atom. The summed E-state index contributed by atoms with van der Waals surface area (Å²) in [7, 11) is 2.21. The minimum Gasteiger partial charge on any atom is -0.370 e. The number of hydrogen-bond donors (Lipinski definition) is 1. The Hall–Kier alpha value is -3.07. The van der Waals surface area contributed by atoms with Crippen LogP contribution in [-0.2, 0) is 0 Å². The number of nitrogens with one attached hydrogen (secondary N) is 1. The van der Waals surface area contributed by atoms with E-state index in [1.54, 1.807) is 6.07 Å². The van der Waals surface area contributed by atoms with Crippen LogP contribution < -0.4 is 4.90 Å². The number of halogens is 2. The van der Waals surface area contributed by atoms with Gasteiger partial charge in [-0.3, -0.25) is 15.0 Å². The third-order valence-electron chi connectivity index (χ3n) is 7.57. The highest BCUT2D eigenvalue weighted by Crippen LogP contribution is 2.34. The fourth-order valence-corrected chi connectivity index (χ4v) is 5.60. The summed E-state index contributed by atoms with van der Waals surface area (Å²) in [6.45, 7) is 6.73. The first-order valence-corrected chi connectivity index (χ1v) is 12.9. The monoisotopic (exact) mass is 505 g/mol.